The molecule has 0 saturated carbocycles. The summed E-state index contributed by atoms with van der Waals surface area (Å²) in [6, 6.07) is 5.40. The molecule has 7 nitrogen and oxygen atoms in total. The second-order valence-corrected chi connectivity index (χ2v) is 7.89. The number of imide groups is 1. The molecule has 1 aliphatic rings. The van der Waals surface area contributed by atoms with Gasteiger partial charge in [-0.1, -0.05) is 39.8 Å². The highest BCUT2D eigenvalue weighted by atomic mass is 16.5. The number of hydrogen-bond donors (Lipinski definition) is 1. The molecule has 1 aromatic carbocycles. The largest absolute Gasteiger partial charge is 0.451 e. The lowest BCUT2D eigenvalue weighted by Crippen LogP contribution is -2.48. The molecular formula is C21H28N2O5. The molecule has 1 aromatic rings. The van der Waals surface area contributed by atoms with Crippen molar-refractivity contribution in [2.45, 2.75) is 53.2 Å². The number of ether oxygens (including phenoxy) is 1. The first-order valence-electron chi connectivity index (χ1n) is 9.58. The molecule has 2 atom stereocenters. The summed E-state index contributed by atoms with van der Waals surface area (Å²) in [4.78, 5) is 51.4. The van der Waals surface area contributed by atoms with Gasteiger partial charge in [0.2, 0.25) is 0 Å². The standard InChI is InChI=1S/C21H28N2O5/c1-12(2)10-17(21(27)28-14(5)18(24)22-11-13(3)4)23-19(25)15-8-6-7-9-16(15)20(23)26/h6-9,12-14,17H,10-11H2,1-5H3,(H,22,24)/t14-,17-/m1/s1. The zero-order chi connectivity index (χ0) is 21.0. The molecule has 0 spiro atoms. The van der Waals surface area contributed by atoms with E-state index >= 15 is 0 Å². The van der Waals surface area contributed by atoms with Crippen LogP contribution >= 0.6 is 0 Å². The third-order valence-electron chi connectivity index (χ3n) is 4.45. The Bertz CT molecular complexity index is 737. The van der Waals surface area contributed by atoms with Crippen LogP contribution in [0.1, 0.15) is 61.8 Å². The summed E-state index contributed by atoms with van der Waals surface area (Å²) in [6.45, 7) is 9.63. The van der Waals surface area contributed by atoms with E-state index in [9.17, 15) is 19.2 Å². The molecule has 0 fully saturated rings. The Kier molecular flexibility index (Phi) is 6.94. The SMILES string of the molecule is CC(C)CNC(=O)[C@@H](C)OC(=O)[C@@H](CC(C)C)N1C(=O)c2ccccc2C1=O. The number of benzene rings is 1. The number of nitrogens with one attached hydrogen (secondary N) is 1. The summed E-state index contributed by atoms with van der Waals surface area (Å²) < 4.78 is 5.32. The van der Waals surface area contributed by atoms with Gasteiger partial charge in [-0.05, 0) is 37.3 Å². The van der Waals surface area contributed by atoms with E-state index in [0.29, 0.717) is 6.54 Å². The number of esters is 1. The third kappa shape index (κ3) is 4.77. The van der Waals surface area contributed by atoms with Gasteiger partial charge in [0.1, 0.15) is 6.04 Å². The van der Waals surface area contributed by atoms with Crippen LogP contribution in [-0.4, -0.2) is 47.3 Å². The molecule has 1 aliphatic heterocycles. The zero-order valence-corrected chi connectivity index (χ0v) is 17.0. The molecule has 0 saturated heterocycles. The quantitative estimate of drug-likeness (QED) is 0.545. The average Bonchev–Trinajstić information content (AvgIpc) is 2.88. The first-order chi connectivity index (χ1) is 13.1. The van der Waals surface area contributed by atoms with Crippen molar-refractivity contribution in [3.8, 4) is 0 Å². The topological polar surface area (TPSA) is 92.8 Å². The van der Waals surface area contributed by atoms with E-state index < -0.39 is 35.8 Å². The van der Waals surface area contributed by atoms with Crippen LogP contribution in [0.15, 0.2) is 24.3 Å². The average molecular weight is 388 g/mol. The maximum atomic E-state index is 12.8. The molecule has 28 heavy (non-hydrogen) atoms. The first kappa shape index (κ1) is 21.6. The van der Waals surface area contributed by atoms with Crippen LogP contribution in [0.2, 0.25) is 0 Å². The minimum atomic E-state index is -1.08. The number of rotatable bonds is 8. The van der Waals surface area contributed by atoms with Gasteiger partial charge in [-0.2, -0.15) is 0 Å². The Hall–Kier alpha value is -2.70. The van der Waals surface area contributed by atoms with Crippen LogP contribution < -0.4 is 5.32 Å². The van der Waals surface area contributed by atoms with Crippen molar-refractivity contribution in [2.24, 2.45) is 11.8 Å². The van der Waals surface area contributed by atoms with E-state index in [0.717, 1.165) is 4.90 Å². The number of hydrogen-bond acceptors (Lipinski definition) is 5. The number of carbonyl (C=O) groups excluding carboxylic acids is 4. The fraction of sp³-hybridized carbons (Fsp3) is 0.524. The van der Waals surface area contributed by atoms with Gasteiger partial charge in [0.25, 0.3) is 17.7 Å². The van der Waals surface area contributed by atoms with Crippen molar-refractivity contribution in [2.75, 3.05) is 6.54 Å². The van der Waals surface area contributed by atoms with Gasteiger partial charge in [0.05, 0.1) is 11.1 Å². The van der Waals surface area contributed by atoms with Crippen molar-refractivity contribution in [1.82, 2.24) is 10.2 Å². The van der Waals surface area contributed by atoms with E-state index in [-0.39, 0.29) is 29.4 Å². The minimum Gasteiger partial charge on any atom is -0.451 e. The highest BCUT2D eigenvalue weighted by Crippen LogP contribution is 2.27. The van der Waals surface area contributed by atoms with Crippen LogP contribution in [0.5, 0.6) is 0 Å². The first-order valence-corrected chi connectivity index (χ1v) is 9.58. The second kappa shape index (κ2) is 8.99. The van der Waals surface area contributed by atoms with Crippen LogP contribution in [0, 0.1) is 11.8 Å². The summed E-state index contributed by atoms with van der Waals surface area (Å²) in [5, 5.41) is 2.70. The highest BCUT2D eigenvalue weighted by molar-refractivity contribution is 6.22. The van der Waals surface area contributed by atoms with E-state index in [1.54, 1.807) is 24.3 Å². The number of fused-ring (bicyclic) bond motifs is 1. The Morgan fingerprint density at radius 2 is 1.50 bits per heavy atom. The molecule has 0 radical (unpaired) electrons. The molecule has 3 amide bonds. The van der Waals surface area contributed by atoms with Gasteiger partial charge in [-0.3, -0.25) is 19.3 Å². The molecule has 2 rings (SSSR count). The molecule has 0 unspecified atom stereocenters. The fourth-order valence-electron chi connectivity index (χ4n) is 3.00. The molecule has 0 aromatic heterocycles. The molecule has 1 heterocycles. The van der Waals surface area contributed by atoms with E-state index in [1.165, 1.54) is 6.92 Å². The maximum Gasteiger partial charge on any atom is 0.330 e. The van der Waals surface area contributed by atoms with Crippen molar-refractivity contribution < 1.29 is 23.9 Å². The smallest absolute Gasteiger partial charge is 0.330 e. The lowest BCUT2D eigenvalue weighted by atomic mass is 10.0. The summed E-state index contributed by atoms with van der Waals surface area (Å²) in [5.74, 6) is -1.89. The summed E-state index contributed by atoms with van der Waals surface area (Å²) in [6.07, 6.45) is -0.763. The lowest BCUT2D eigenvalue weighted by Gasteiger charge is -2.27. The number of carbonyl (C=O) groups is 4. The lowest BCUT2D eigenvalue weighted by molar-refractivity contribution is -0.159. The third-order valence-corrected chi connectivity index (χ3v) is 4.45. The van der Waals surface area contributed by atoms with Crippen LogP contribution in [0.25, 0.3) is 0 Å². The fourth-order valence-corrected chi connectivity index (χ4v) is 3.00. The van der Waals surface area contributed by atoms with Crippen LogP contribution in [-0.2, 0) is 14.3 Å². The van der Waals surface area contributed by atoms with Crippen LogP contribution in [0.3, 0.4) is 0 Å². The van der Waals surface area contributed by atoms with Gasteiger partial charge in [0.15, 0.2) is 6.10 Å². The monoisotopic (exact) mass is 388 g/mol. The summed E-state index contributed by atoms with van der Waals surface area (Å²) in [5.41, 5.74) is 0.550. The van der Waals surface area contributed by atoms with Crippen molar-refractivity contribution >= 4 is 23.7 Å². The molecule has 0 bridgehead atoms. The molecular weight excluding hydrogens is 360 g/mol. The van der Waals surface area contributed by atoms with Crippen LogP contribution in [0.4, 0.5) is 0 Å². The van der Waals surface area contributed by atoms with Crippen molar-refractivity contribution in [3.63, 3.8) is 0 Å². The Labute approximate surface area is 165 Å². The Morgan fingerprint density at radius 3 is 1.96 bits per heavy atom. The number of amides is 3. The molecule has 1 N–H and O–H groups in total. The zero-order valence-electron chi connectivity index (χ0n) is 17.0. The van der Waals surface area contributed by atoms with Crippen molar-refractivity contribution in [3.05, 3.63) is 35.4 Å². The minimum absolute atomic E-state index is 0.0342. The van der Waals surface area contributed by atoms with E-state index in [1.807, 2.05) is 27.7 Å². The predicted molar refractivity (Wildman–Crippen MR) is 104 cm³/mol. The van der Waals surface area contributed by atoms with Crippen molar-refractivity contribution in [1.29, 1.82) is 0 Å². The van der Waals surface area contributed by atoms with Gasteiger partial charge in [0, 0.05) is 6.54 Å². The Balaban J connectivity index is 2.18. The molecule has 152 valence electrons. The highest BCUT2D eigenvalue weighted by Gasteiger charge is 2.44. The van der Waals surface area contributed by atoms with E-state index in [2.05, 4.69) is 5.32 Å². The summed E-state index contributed by atoms with van der Waals surface area (Å²) in [7, 11) is 0. The van der Waals surface area contributed by atoms with Gasteiger partial charge in [-0.15, -0.1) is 0 Å². The van der Waals surface area contributed by atoms with Gasteiger partial charge in [-0.25, -0.2) is 4.79 Å². The maximum absolute atomic E-state index is 12.8. The van der Waals surface area contributed by atoms with Gasteiger partial charge < -0.3 is 10.1 Å². The summed E-state index contributed by atoms with van der Waals surface area (Å²) >= 11 is 0. The number of nitrogens with zero attached hydrogens (tertiary/aromatic N) is 1. The predicted octanol–water partition coefficient (Wildman–Crippen LogP) is 2.40. The van der Waals surface area contributed by atoms with E-state index in [4.69, 9.17) is 4.74 Å². The molecule has 0 aliphatic carbocycles. The second-order valence-electron chi connectivity index (χ2n) is 7.89. The molecule has 7 heteroatoms. The van der Waals surface area contributed by atoms with Gasteiger partial charge >= 0.3 is 5.97 Å². The Morgan fingerprint density at radius 1 is 0.964 bits per heavy atom. The normalized spacial score (nSPS) is 15.6.